The zero-order chi connectivity index (χ0) is 14.7. The summed E-state index contributed by atoms with van der Waals surface area (Å²) in [6, 6.07) is 3.93. The van der Waals surface area contributed by atoms with Crippen LogP contribution in [0.1, 0.15) is 16.8 Å². The molecular weight excluding hydrogens is 266 g/mol. The van der Waals surface area contributed by atoms with Gasteiger partial charge in [-0.3, -0.25) is 4.90 Å². The van der Waals surface area contributed by atoms with E-state index in [4.69, 9.17) is 5.26 Å². The Kier molecular flexibility index (Phi) is 3.90. The van der Waals surface area contributed by atoms with Crippen molar-refractivity contribution in [3.05, 3.63) is 35.3 Å². The molecular formula is C14H17N7. The highest BCUT2D eigenvalue weighted by atomic mass is 15.5. The Morgan fingerprint density at radius 1 is 1.33 bits per heavy atom. The Morgan fingerprint density at radius 2 is 2.14 bits per heavy atom. The SMILES string of the molecule is Cc1cc(-n2ncc(CN3CCNCC3)n2)ncc1C#N. The molecule has 0 unspecified atom stereocenters. The first-order valence-electron chi connectivity index (χ1n) is 6.97. The summed E-state index contributed by atoms with van der Waals surface area (Å²) in [7, 11) is 0. The molecule has 7 nitrogen and oxygen atoms in total. The number of pyridine rings is 1. The van der Waals surface area contributed by atoms with Crippen LogP contribution in [0.25, 0.3) is 5.82 Å². The van der Waals surface area contributed by atoms with Crippen LogP contribution in [0.3, 0.4) is 0 Å². The predicted molar refractivity (Wildman–Crippen MR) is 76.8 cm³/mol. The number of rotatable bonds is 3. The van der Waals surface area contributed by atoms with E-state index >= 15 is 0 Å². The quantitative estimate of drug-likeness (QED) is 0.869. The Morgan fingerprint density at radius 3 is 2.86 bits per heavy atom. The molecule has 0 saturated carbocycles. The summed E-state index contributed by atoms with van der Waals surface area (Å²) in [5.41, 5.74) is 2.39. The van der Waals surface area contributed by atoms with Gasteiger partial charge in [-0.05, 0) is 18.6 Å². The van der Waals surface area contributed by atoms with Crippen LogP contribution < -0.4 is 5.32 Å². The lowest BCUT2D eigenvalue weighted by Gasteiger charge is -2.25. The van der Waals surface area contributed by atoms with Gasteiger partial charge in [0, 0.05) is 38.9 Å². The minimum atomic E-state index is 0.576. The van der Waals surface area contributed by atoms with Crippen LogP contribution in [0.5, 0.6) is 0 Å². The zero-order valence-electron chi connectivity index (χ0n) is 12.0. The van der Waals surface area contributed by atoms with Gasteiger partial charge in [0.2, 0.25) is 0 Å². The third-order valence-corrected chi connectivity index (χ3v) is 3.56. The first-order valence-corrected chi connectivity index (χ1v) is 6.97. The monoisotopic (exact) mass is 283 g/mol. The lowest BCUT2D eigenvalue weighted by molar-refractivity contribution is 0.230. The maximum Gasteiger partial charge on any atom is 0.174 e. The first-order chi connectivity index (χ1) is 10.3. The summed E-state index contributed by atoms with van der Waals surface area (Å²) in [6.45, 7) is 6.78. The Balaban J connectivity index is 1.75. The maximum absolute atomic E-state index is 8.93. The van der Waals surface area contributed by atoms with E-state index in [-0.39, 0.29) is 0 Å². The largest absolute Gasteiger partial charge is 0.314 e. The number of piperazine rings is 1. The molecule has 3 heterocycles. The van der Waals surface area contributed by atoms with Crippen molar-refractivity contribution < 1.29 is 0 Å². The topological polar surface area (TPSA) is 82.7 Å². The molecule has 1 aliphatic rings. The molecule has 0 aromatic carbocycles. The number of aromatic nitrogens is 4. The number of nitrogens with zero attached hydrogens (tertiary/aromatic N) is 6. The fraction of sp³-hybridized carbons (Fsp3) is 0.429. The lowest BCUT2D eigenvalue weighted by atomic mass is 10.2. The van der Waals surface area contributed by atoms with Crippen molar-refractivity contribution in [3.8, 4) is 11.9 Å². The Labute approximate surface area is 123 Å². The van der Waals surface area contributed by atoms with E-state index in [1.54, 1.807) is 12.4 Å². The third kappa shape index (κ3) is 3.07. The van der Waals surface area contributed by atoms with Crippen LogP contribution in [0.4, 0.5) is 0 Å². The lowest BCUT2D eigenvalue weighted by Crippen LogP contribution is -2.42. The van der Waals surface area contributed by atoms with Gasteiger partial charge in [0.15, 0.2) is 5.82 Å². The minimum absolute atomic E-state index is 0.576. The first kappa shape index (κ1) is 13.7. The highest BCUT2D eigenvalue weighted by Gasteiger charge is 2.13. The van der Waals surface area contributed by atoms with Gasteiger partial charge < -0.3 is 5.32 Å². The van der Waals surface area contributed by atoms with Gasteiger partial charge in [-0.25, -0.2) is 4.98 Å². The molecule has 1 saturated heterocycles. The smallest absolute Gasteiger partial charge is 0.174 e. The van der Waals surface area contributed by atoms with Crippen LogP contribution >= 0.6 is 0 Å². The second kappa shape index (κ2) is 5.99. The molecule has 3 rings (SSSR count). The van der Waals surface area contributed by atoms with Crippen LogP contribution in [0, 0.1) is 18.3 Å². The molecule has 0 spiro atoms. The number of aryl methyl sites for hydroxylation is 1. The molecule has 21 heavy (non-hydrogen) atoms. The normalized spacial score (nSPS) is 15.8. The van der Waals surface area contributed by atoms with Crippen molar-refractivity contribution in [1.82, 2.24) is 30.2 Å². The van der Waals surface area contributed by atoms with Crippen LogP contribution in [0.15, 0.2) is 18.5 Å². The standard InChI is InChI=1S/C14H17N7/c1-11-6-14(17-8-12(11)7-15)21-18-9-13(19-21)10-20-4-2-16-3-5-20/h6,8-9,16H,2-5,10H2,1H3. The number of nitriles is 1. The van der Waals surface area contributed by atoms with E-state index in [0.29, 0.717) is 11.4 Å². The molecule has 0 amide bonds. The molecule has 7 heteroatoms. The summed E-state index contributed by atoms with van der Waals surface area (Å²) in [6.07, 6.45) is 3.33. The number of hydrogen-bond acceptors (Lipinski definition) is 6. The van der Waals surface area contributed by atoms with Crippen LogP contribution in [-0.2, 0) is 6.54 Å². The zero-order valence-corrected chi connectivity index (χ0v) is 12.0. The van der Waals surface area contributed by atoms with Crippen molar-refractivity contribution >= 4 is 0 Å². The van der Waals surface area contributed by atoms with Gasteiger partial charge in [-0.15, -0.1) is 4.80 Å². The summed E-state index contributed by atoms with van der Waals surface area (Å²) in [5.74, 6) is 0.637. The summed E-state index contributed by atoms with van der Waals surface area (Å²) >= 11 is 0. The van der Waals surface area contributed by atoms with Crippen molar-refractivity contribution in [2.24, 2.45) is 0 Å². The Bertz CT molecular complexity index is 664. The molecule has 108 valence electrons. The maximum atomic E-state index is 8.93. The number of nitrogens with one attached hydrogen (secondary N) is 1. The highest BCUT2D eigenvalue weighted by molar-refractivity contribution is 5.38. The second-order valence-electron chi connectivity index (χ2n) is 5.12. The molecule has 0 atom stereocenters. The van der Waals surface area contributed by atoms with Crippen molar-refractivity contribution in [3.63, 3.8) is 0 Å². The summed E-state index contributed by atoms with van der Waals surface area (Å²) in [5, 5.41) is 21.0. The van der Waals surface area contributed by atoms with E-state index in [1.807, 2.05) is 13.0 Å². The van der Waals surface area contributed by atoms with Gasteiger partial charge in [0.1, 0.15) is 6.07 Å². The second-order valence-corrected chi connectivity index (χ2v) is 5.12. The molecule has 2 aromatic heterocycles. The molecule has 0 aliphatic carbocycles. The van der Waals surface area contributed by atoms with E-state index in [0.717, 1.165) is 44.0 Å². The highest BCUT2D eigenvalue weighted by Crippen LogP contribution is 2.10. The minimum Gasteiger partial charge on any atom is -0.314 e. The van der Waals surface area contributed by atoms with Crippen molar-refractivity contribution in [2.45, 2.75) is 13.5 Å². The van der Waals surface area contributed by atoms with Gasteiger partial charge >= 0.3 is 0 Å². The van der Waals surface area contributed by atoms with Crippen molar-refractivity contribution in [2.75, 3.05) is 26.2 Å². The molecule has 0 radical (unpaired) electrons. The summed E-state index contributed by atoms with van der Waals surface area (Å²) < 4.78 is 0. The molecule has 0 bridgehead atoms. The third-order valence-electron chi connectivity index (χ3n) is 3.56. The Hall–Kier alpha value is -2.30. The van der Waals surface area contributed by atoms with Gasteiger partial charge in [-0.1, -0.05) is 0 Å². The molecule has 2 aromatic rings. The van der Waals surface area contributed by atoms with Crippen LogP contribution in [-0.4, -0.2) is 51.1 Å². The molecule has 1 N–H and O–H groups in total. The average Bonchev–Trinajstić information content (AvgIpc) is 2.97. The van der Waals surface area contributed by atoms with Gasteiger partial charge in [-0.2, -0.15) is 15.5 Å². The van der Waals surface area contributed by atoms with E-state index < -0.39 is 0 Å². The fourth-order valence-corrected chi connectivity index (χ4v) is 2.34. The average molecular weight is 283 g/mol. The fourth-order valence-electron chi connectivity index (χ4n) is 2.34. The van der Waals surface area contributed by atoms with E-state index in [1.165, 1.54) is 4.80 Å². The van der Waals surface area contributed by atoms with Crippen molar-refractivity contribution in [1.29, 1.82) is 5.26 Å². The summed E-state index contributed by atoms with van der Waals surface area (Å²) in [4.78, 5) is 8.10. The van der Waals surface area contributed by atoms with E-state index in [2.05, 4.69) is 31.5 Å². The molecule has 1 fully saturated rings. The van der Waals surface area contributed by atoms with Gasteiger partial charge in [0.25, 0.3) is 0 Å². The van der Waals surface area contributed by atoms with E-state index in [9.17, 15) is 0 Å². The van der Waals surface area contributed by atoms with Crippen LogP contribution in [0.2, 0.25) is 0 Å². The van der Waals surface area contributed by atoms with Gasteiger partial charge in [0.05, 0.1) is 17.5 Å². The number of hydrogen-bond donors (Lipinski definition) is 1. The predicted octanol–water partition coefficient (Wildman–Crippen LogP) is 0.248. The molecule has 1 aliphatic heterocycles.